The average Bonchev–Trinajstić information content (AvgIpc) is 2.90. The first-order valence-electron chi connectivity index (χ1n) is 10.4. The van der Waals surface area contributed by atoms with E-state index in [0.29, 0.717) is 11.8 Å². The molecule has 0 N–H and O–H groups in total. The van der Waals surface area contributed by atoms with E-state index in [0.717, 1.165) is 51.0 Å². The lowest BCUT2D eigenvalue weighted by Gasteiger charge is -2.34. The number of piperidine rings is 1. The lowest BCUT2D eigenvalue weighted by molar-refractivity contribution is -0.138. The normalized spacial score (nSPS) is 22.8. The molecule has 1 amide bonds. The van der Waals surface area contributed by atoms with E-state index in [9.17, 15) is 4.79 Å². The molecule has 3 rings (SSSR count). The fourth-order valence-corrected chi connectivity index (χ4v) is 4.36. The van der Waals surface area contributed by atoms with Gasteiger partial charge in [-0.05, 0) is 44.4 Å². The molecule has 5 nitrogen and oxygen atoms in total. The summed E-state index contributed by atoms with van der Waals surface area (Å²) in [5.41, 5.74) is 1.10. The summed E-state index contributed by atoms with van der Waals surface area (Å²) in [5.74, 6) is 1.23. The molecule has 1 saturated heterocycles. The van der Waals surface area contributed by atoms with Crippen molar-refractivity contribution >= 4 is 5.91 Å². The number of likely N-dealkylation sites (tertiary alicyclic amines) is 1. The summed E-state index contributed by atoms with van der Waals surface area (Å²) in [6.07, 6.45) is 15.1. The van der Waals surface area contributed by atoms with Crippen molar-refractivity contribution in [3.63, 3.8) is 0 Å². The summed E-state index contributed by atoms with van der Waals surface area (Å²) < 4.78 is 2.00. The minimum atomic E-state index is 0.285. The van der Waals surface area contributed by atoms with E-state index in [2.05, 4.69) is 28.3 Å². The molecule has 1 saturated carbocycles. The van der Waals surface area contributed by atoms with E-state index in [-0.39, 0.29) is 5.92 Å². The van der Waals surface area contributed by atoms with Crippen LogP contribution in [0.25, 0.3) is 0 Å². The zero-order valence-electron chi connectivity index (χ0n) is 15.8. The summed E-state index contributed by atoms with van der Waals surface area (Å²) in [6, 6.07) is 0. The first kappa shape index (κ1) is 18.4. The van der Waals surface area contributed by atoms with Crippen LogP contribution in [0.5, 0.6) is 0 Å². The molecule has 1 atom stereocenters. The molecule has 1 aliphatic carbocycles. The highest BCUT2D eigenvalue weighted by Gasteiger charge is 2.29. The Kier molecular flexibility index (Phi) is 6.88. The number of unbranched alkanes of at least 4 members (excludes halogenated alkanes) is 1. The largest absolute Gasteiger partial charge is 0.342 e. The SMILES string of the molecule is CCCCc1cn(C[C@H]2CCCN(C(=O)C3CCCCCC3)C2)nn1. The van der Waals surface area contributed by atoms with Crippen LogP contribution in [0.15, 0.2) is 6.20 Å². The molecule has 0 aromatic carbocycles. The monoisotopic (exact) mass is 346 g/mol. The summed E-state index contributed by atoms with van der Waals surface area (Å²) in [4.78, 5) is 15.1. The maximum Gasteiger partial charge on any atom is 0.225 e. The number of carbonyl (C=O) groups excluding carboxylic acids is 1. The van der Waals surface area contributed by atoms with E-state index in [1.165, 1.54) is 44.9 Å². The molecule has 0 bridgehead atoms. The number of aromatic nitrogens is 3. The predicted molar refractivity (Wildman–Crippen MR) is 99.1 cm³/mol. The smallest absolute Gasteiger partial charge is 0.225 e. The maximum absolute atomic E-state index is 12.9. The van der Waals surface area contributed by atoms with Crippen LogP contribution < -0.4 is 0 Å². The van der Waals surface area contributed by atoms with Crippen molar-refractivity contribution in [2.45, 2.75) is 84.1 Å². The van der Waals surface area contributed by atoms with E-state index < -0.39 is 0 Å². The molecule has 0 radical (unpaired) electrons. The number of hydrogen-bond donors (Lipinski definition) is 0. The topological polar surface area (TPSA) is 51.0 Å². The van der Waals surface area contributed by atoms with Gasteiger partial charge in [-0.15, -0.1) is 5.10 Å². The summed E-state index contributed by atoms with van der Waals surface area (Å²) in [6.45, 7) is 4.95. The van der Waals surface area contributed by atoms with Gasteiger partial charge in [-0.3, -0.25) is 9.48 Å². The van der Waals surface area contributed by atoms with Gasteiger partial charge in [0.25, 0.3) is 0 Å². The van der Waals surface area contributed by atoms with Gasteiger partial charge in [0.15, 0.2) is 0 Å². The second kappa shape index (κ2) is 9.35. The molecule has 2 aliphatic rings. The molecule has 2 fully saturated rings. The Morgan fingerprint density at radius 2 is 1.96 bits per heavy atom. The van der Waals surface area contributed by atoms with Crippen LogP contribution in [-0.2, 0) is 17.8 Å². The number of nitrogens with zero attached hydrogens (tertiary/aromatic N) is 4. The molecule has 1 aromatic heterocycles. The number of carbonyl (C=O) groups is 1. The van der Waals surface area contributed by atoms with Crippen molar-refractivity contribution in [1.82, 2.24) is 19.9 Å². The molecule has 2 heterocycles. The van der Waals surface area contributed by atoms with Crippen LogP contribution in [0.1, 0.15) is 76.8 Å². The van der Waals surface area contributed by atoms with E-state index in [4.69, 9.17) is 0 Å². The molecule has 140 valence electrons. The van der Waals surface area contributed by atoms with Crippen molar-refractivity contribution in [3.05, 3.63) is 11.9 Å². The van der Waals surface area contributed by atoms with Gasteiger partial charge in [0.2, 0.25) is 5.91 Å². The van der Waals surface area contributed by atoms with E-state index >= 15 is 0 Å². The van der Waals surface area contributed by atoms with Gasteiger partial charge >= 0.3 is 0 Å². The summed E-state index contributed by atoms with van der Waals surface area (Å²) in [7, 11) is 0. The van der Waals surface area contributed by atoms with E-state index in [1.54, 1.807) is 0 Å². The van der Waals surface area contributed by atoms with Crippen LogP contribution in [0.3, 0.4) is 0 Å². The van der Waals surface area contributed by atoms with Gasteiger partial charge < -0.3 is 4.90 Å². The van der Waals surface area contributed by atoms with Crippen LogP contribution in [0, 0.1) is 11.8 Å². The van der Waals surface area contributed by atoms with Crippen molar-refractivity contribution in [1.29, 1.82) is 0 Å². The lowest BCUT2D eigenvalue weighted by Crippen LogP contribution is -2.44. The molecule has 0 spiro atoms. The lowest BCUT2D eigenvalue weighted by atomic mass is 9.94. The van der Waals surface area contributed by atoms with Crippen molar-refractivity contribution in [2.24, 2.45) is 11.8 Å². The zero-order valence-corrected chi connectivity index (χ0v) is 15.8. The van der Waals surface area contributed by atoms with Crippen molar-refractivity contribution < 1.29 is 4.79 Å². The van der Waals surface area contributed by atoms with Crippen LogP contribution >= 0.6 is 0 Å². The fraction of sp³-hybridized carbons (Fsp3) is 0.850. The van der Waals surface area contributed by atoms with Gasteiger partial charge in [0, 0.05) is 31.7 Å². The van der Waals surface area contributed by atoms with E-state index in [1.807, 2.05) is 4.68 Å². The molecular weight excluding hydrogens is 312 g/mol. The number of aryl methyl sites for hydroxylation is 1. The Hall–Kier alpha value is -1.39. The minimum absolute atomic E-state index is 0.285. The van der Waals surface area contributed by atoms with Gasteiger partial charge in [-0.1, -0.05) is 44.2 Å². The highest BCUT2D eigenvalue weighted by Crippen LogP contribution is 2.27. The summed E-state index contributed by atoms with van der Waals surface area (Å²) in [5, 5.41) is 8.59. The first-order valence-corrected chi connectivity index (χ1v) is 10.4. The van der Waals surface area contributed by atoms with Gasteiger partial charge in [-0.25, -0.2) is 0 Å². The molecule has 5 heteroatoms. The molecule has 0 unspecified atom stereocenters. The molecule has 1 aliphatic heterocycles. The molecule has 25 heavy (non-hydrogen) atoms. The second-order valence-corrected chi connectivity index (χ2v) is 8.02. The highest BCUT2D eigenvalue weighted by atomic mass is 16.2. The third-order valence-electron chi connectivity index (χ3n) is 5.85. The third kappa shape index (κ3) is 5.29. The number of hydrogen-bond acceptors (Lipinski definition) is 3. The second-order valence-electron chi connectivity index (χ2n) is 8.02. The minimum Gasteiger partial charge on any atom is -0.342 e. The first-order chi connectivity index (χ1) is 12.3. The average molecular weight is 347 g/mol. The van der Waals surface area contributed by atoms with Gasteiger partial charge in [0.1, 0.15) is 0 Å². The van der Waals surface area contributed by atoms with Gasteiger partial charge in [-0.2, -0.15) is 0 Å². The quantitative estimate of drug-likeness (QED) is 0.736. The molecule has 1 aromatic rings. The standard InChI is InChI=1S/C20H34N4O/c1-2-3-12-19-16-24(22-21-19)15-17-9-8-13-23(14-17)20(25)18-10-6-4-5-7-11-18/h16-18H,2-15H2,1H3/t17-/m0/s1. The number of rotatable bonds is 6. The van der Waals surface area contributed by atoms with Gasteiger partial charge in [0.05, 0.1) is 5.69 Å². The Balaban J connectivity index is 1.51. The Bertz CT molecular complexity index is 534. The van der Waals surface area contributed by atoms with Crippen molar-refractivity contribution in [3.8, 4) is 0 Å². The predicted octanol–water partition coefficient (Wildman–Crippen LogP) is 3.83. The summed E-state index contributed by atoms with van der Waals surface area (Å²) >= 11 is 0. The number of amides is 1. The highest BCUT2D eigenvalue weighted by molar-refractivity contribution is 5.79. The zero-order chi connectivity index (χ0) is 17.5. The third-order valence-corrected chi connectivity index (χ3v) is 5.85. The van der Waals surface area contributed by atoms with Crippen LogP contribution in [-0.4, -0.2) is 38.9 Å². The Morgan fingerprint density at radius 1 is 1.16 bits per heavy atom. The molecular formula is C20H34N4O. The Morgan fingerprint density at radius 3 is 2.72 bits per heavy atom. The maximum atomic E-state index is 12.9. The van der Waals surface area contributed by atoms with Crippen LogP contribution in [0.2, 0.25) is 0 Å². The van der Waals surface area contributed by atoms with Crippen LogP contribution in [0.4, 0.5) is 0 Å². The van der Waals surface area contributed by atoms with Crippen molar-refractivity contribution in [2.75, 3.05) is 13.1 Å². The fourth-order valence-electron chi connectivity index (χ4n) is 4.36. The Labute approximate surface area is 152 Å².